The molecule has 0 saturated carbocycles. The molecule has 0 aliphatic carbocycles. The lowest BCUT2D eigenvalue weighted by Gasteiger charge is -2.37. The van der Waals surface area contributed by atoms with Crippen LogP contribution < -0.4 is 0 Å². The van der Waals surface area contributed by atoms with Gasteiger partial charge in [-0.1, -0.05) is 47.6 Å². The standard InChI is InChI=1S/C23H17FN2O3/c24-18-9-4-3-8-17(18)22-16-7-2-1-6-15(16)11-12-26(22)23(27)19-14-21(29-25-19)20-10-5-13-28-20/h1-10,13-14,22H,11-12H2. The number of carbonyl (C=O) groups is 1. The number of rotatable bonds is 3. The van der Waals surface area contributed by atoms with Gasteiger partial charge in [-0.05, 0) is 35.7 Å². The summed E-state index contributed by atoms with van der Waals surface area (Å²) in [6, 6.07) is 18.9. The predicted octanol–water partition coefficient (Wildman–Crippen LogP) is 4.86. The van der Waals surface area contributed by atoms with Gasteiger partial charge in [0.15, 0.2) is 11.5 Å². The van der Waals surface area contributed by atoms with Gasteiger partial charge in [-0.15, -0.1) is 0 Å². The molecule has 1 aliphatic heterocycles. The highest BCUT2D eigenvalue weighted by Crippen LogP contribution is 2.37. The predicted molar refractivity (Wildman–Crippen MR) is 104 cm³/mol. The fourth-order valence-corrected chi connectivity index (χ4v) is 3.88. The van der Waals surface area contributed by atoms with Crippen LogP contribution in [0.4, 0.5) is 4.39 Å². The van der Waals surface area contributed by atoms with Crippen molar-refractivity contribution >= 4 is 5.91 Å². The molecule has 1 aliphatic rings. The number of furan rings is 1. The van der Waals surface area contributed by atoms with Crippen molar-refractivity contribution in [2.24, 2.45) is 0 Å². The highest BCUT2D eigenvalue weighted by atomic mass is 19.1. The molecule has 1 unspecified atom stereocenters. The van der Waals surface area contributed by atoms with E-state index in [0.717, 1.165) is 11.1 Å². The van der Waals surface area contributed by atoms with E-state index in [4.69, 9.17) is 8.94 Å². The maximum absolute atomic E-state index is 14.7. The van der Waals surface area contributed by atoms with Crippen LogP contribution in [-0.2, 0) is 6.42 Å². The molecule has 0 fully saturated rings. The topological polar surface area (TPSA) is 59.5 Å². The zero-order valence-corrected chi connectivity index (χ0v) is 15.4. The van der Waals surface area contributed by atoms with Gasteiger partial charge in [0.25, 0.3) is 5.91 Å². The van der Waals surface area contributed by atoms with Crippen molar-refractivity contribution in [3.8, 4) is 11.5 Å². The summed E-state index contributed by atoms with van der Waals surface area (Å²) >= 11 is 0. The molecule has 3 heterocycles. The number of nitrogens with zero attached hydrogens (tertiary/aromatic N) is 2. The Morgan fingerprint density at radius 1 is 1.00 bits per heavy atom. The van der Waals surface area contributed by atoms with Crippen molar-refractivity contribution in [2.75, 3.05) is 6.54 Å². The third-order valence-electron chi connectivity index (χ3n) is 5.24. The number of amides is 1. The number of halogens is 1. The first-order valence-electron chi connectivity index (χ1n) is 9.36. The Bertz CT molecular complexity index is 1170. The van der Waals surface area contributed by atoms with Crippen molar-refractivity contribution in [1.29, 1.82) is 0 Å². The number of hydrogen-bond acceptors (Lipinski definition) is 4. The van der Waals surface area contributed by atoms with Crippen LogP contribution in [0.1, 0.15) is 33.2 Å². The second-order valence-electron chi connectivity index (χ2n) is 6.93. The molecule has 0 spiro atoms. The van der Waals surface area contributed by atoms with E-state index in [2.05, 4.69) is 5.16 Å². The summed E-state index contributed by atoms with van der Waals surface area (Å²) in [6.07, 6.45) is 2.21. The molecular formula is C23H17FN2O3. The van der Waals surface area contributed by atoms with E-state index in [9.17, 15) is 9.18 Å². The SMILES string of the molecule is O=C(c1cc(-c2ccco2)on1)N1CCc2ccccc2C1c1ccccc1F. The van der Waals surface area contributed by atoms with Gasteiger partial charge in [0.1, 0.15) is 5.82 Å². The molecule has 2 aromatic heterocycles. The average molecular weight is 388 g/mol. The molecule has 6 heteroatoms. The summed E-state index contributed by atoms with van der Waals surface area (Å²) in [7, 11) is 0. The first-order chi connectivity index (χ1) is 14.2. The summed E-state index contributed by atoms with van der Waals surface area (Å²) in [6.45, 7) is 0.456. The normalized spacial score (nSPS) is 15.9. The maximum atomic E-state index is 14.7. The van der Waals surface area contributed by atoms with Gasteiger partial charge in [-0.2, -0.15) is 0 Å². The van der Waals surface area contributed by atoms with Gasteiger partial charge < -0.3 is 13.8 Å². The summed E-state index contributed by atoms with van der Waals surface area (Å²) < 4.78 is 25.3. The number of carbonyl (C=O) groups excluding carboxylic acids is 1. The van der Waals surface area contributed by atoms with Crippen molar-refractivity contribution in [3.05, 3.63) is 101 Å². The Labute approximate surface area is 166 Å². The van der Waals surface area contributed by atoms with Gasteiger partial charge in [0.05, 0.1) is 12.3 Å². The Kier molecular flexibility index (Phi) is 4.24. The third kappa shape index (κ3) is 3.02. The van der Waals surface area contributed by atoms with E-state index in [0.29, 0.717) is 30.0 Å². The van der Waals surface area contributed by atoms with Crippen LogP contribution in [0.2, 0.25) is 0 Å². The number of aromatic nitrogens is 1. The Morgan fingerprint density at radius 2 is 1.79 bits per heavy atom. The quantitative estimate of drug-likeness (QED) is 0.503. The van der Waals surface area contributed by atoms with E-state index in [1.807, 2.05) is 24.3 Å². The first kappa shape index (κ1) is 17.4. The van der Waals surface area contributed by atoms with Crippen molar-refractivity contribution < 1.29 is 18.1 Å². The van der Waals surface area contributed by atoms with Crippen LogP contribution in [0.3, 0.4) is 0 Å². The van der Waals surface area contributed by atoms with Crippen molar-refractivity contribution in [3.63, 3.8) is 0 Å². The number of hydrogen-bond donors (Lipinski definition) is 0. The van der Waals surface area contributed by atoms with Gasteiger partial charge in [0.2, 0.25) is 5.76 Å². The van der Waals surface area contributed by atoms with Crippen LogP contribution in [0.15, 0.2) is 81.9 Å². The van der Waals surface area contributed by atoms with E-state index < -0.39 is 6.04 Å². The molecule has 1 atom stereocenters. The fourth-order valence-electron chi connectivity index (χ4n) is 3.88. The summed E-state index contributed by atoms with van der Waals surface area (Å²) in [5.74, 6) is 0.210. The summed E-state index contributed by atoms with van der Waals surface area (Å²) in [5.41, 5.74) is 2.66. The highest BCUT2D eigenvalue weighted by Gasteiger charge is 2.35. The lowest BCUT2D eigenvalue weighted by molar-refractivity contribution is 0.0681. The third-order valence-corrected chi connectivity index (χ3v) is 5.24. The molecule has 5 rings (SSSR count). The zero-order valence-electron chi connectivity index (χ0n) is 15.4. The minimum Gasteiger partial charge on any atom is -0.461 e. The van der Waals surface area contributed by atoms with E-state index in [1.54, 1.807) is 41.3 Å². The Balaban J connectivity index is 1.56. The minimum absolute atomic E-state index is 0.164. The molecular weight excluding hydrogens is 371 g/mol. The zero-order chi connectivity index (χ0) is 19.8. The smallest absolute Gasteiger partial charge is 0.276 e. The van der Waals surface area contributed by atoms with Crippen molar-refractivity contribution in [2.45, 2.75) is 12.5 Å². The number of fused-ring (bicyclic) bond motifs is 1. The molecule has 1 amide bonds. The van der Waals surface area contributed by atoms with Crippen LogP contribution in [0.25, 0.3) is 11.5 Å². The van der Waals surface area contributed by atoms with E-state index in [-0.39, 0.29) is 17.4 Å². The number of benzene rings is 2. The molecule has 2 aromatic carbocycles. The van der Waals surface area contributed by atoms with Crippen LogP contribution in [0, 0.1) is 5.82 Å². The van der Waals surface area contributed by atoms with Gasteiger partial charge in [0, 0.05) is 18.2 Å². The lowest BCUT2D eigenvalue weighted by Crippen LogP contribution is -2.41. The molecule has 144 valence electrons. The molecule has 0 saturated heterocycles. The lowest BCUT2D eigenvalue weighted by atomic mass is 9.87. The first-order valence-corrected chi connectivity index (χ1v) is 9.36. The molecule has 29 heavy (non-hydrogen) atoms. The highest BCUT2D eigenvalue weighted by molar-refractivity contribution is 5.93. The molecule has 4 aromatic rings. The summed E-state index contributed by atoms with van der Waals surface area (Å²) in [4.78, 5) is 15.0. The monoisotopic (exact) mass is 388 g/mol. The largest absolute Gasteiger partial charge is 0.461 e. The van der Waals surface area contributed by atoms with Gasteiger partial charge in [-0.3, -0.25) is 4.79 Å². The van der Waals surface area contributed by atoms with E-state index in [1.165, 1.54) is 12.3 Å². The van der Waals surface area contributed by atoms with Gasteiger partial charge >= 0.3 is 0 Å². The molecule has 0 N–H and O–H groups in total. The second-order valence-corrected chi connectivity index (χ2v) is 6.93. The van der Waals surface area contributed by atoms with Gasteiger partial charge in [-0.25, -0.2) is 4.39 Å². The second kappa shape index (κ2) is 7.05. The van der Waals surface area contributed by atoms with Crippen LogP contribution in [0.5, 0.6) is 0 Å². The minimum atomic E-state index is -0.530. The molecule has 0 radical (unpaired) electrons. The average Bonchev–Trinajstić information content (AvgIpc) is 3.45. The Morgan fingerprint density at radius 3 is 2.59 bits per heavy atom. The molecule has 0 bridgehead atoms. The Hall–Kier alpha value is -3.67. The fraction of sp³-hybridized carbons (Fsp3) is 0.130. The molecule has 5 nitrogen and oxygen atoms in total. The van der Waals surface area contributed by atoms with Crippen LogP contribution >= 0.6 is 0 Å². The summed E-state index contributed by atoms with van der Waals surface area (Å²) in [5, 5.41) is 3.93. The van der Waals surface area contributed by atoms with Crippen molar-refractivity contribution in [1.82, 2.24) is 10.1 Å². The van der Waals surface area contributed by atoms with Crippen LogP contribution in [-0.4, -0.2) is 22.5 Å². The maximum Gasteiger partial charge on any atom is 0.276 e. The van der Waals surface area contributed by atoms with E-state index >= 15 is 0 Å².